The number of benzene rings is 1. The van der Waals surface area contributed by atoms with Crippen molar-refractivity contribution in [3.8, 4) is 0 Å². The van der Waals surface area contributed by atoms with Gasteiger partial charge < -0.3 is 9.80 Å². The molecule has 3 saturated heterocycles. The average Bonchev–Trinajstić information content (AvgIpc) is 2.98. The van der Waals surface area contributed by atoms with Gasteiger partial charge in [-0.25, -0.2) is 8.42 Å². The molecule has 0 radical (unpaired) electrons. The molecule has 1 amide bonds. The molecule has 1 aromatic carbocycles. The van der Waals surface area contributed by atoms with Gasteiger partial charge in [-0.3, -0.25) is 4.79 Å². The summed E-state index contributed by atoms with van der Waals surface area (Å²) in [6, 6.07) is 7.88. The van der Waals surface area contributed by atoms with Gasteiger partial charge in [0.2, 0.25) is 5.91 Å². The van der Waals surface area contributed by atoms with Gasteiger partial charge in [0.1, 0.15) is 0 Å². The van der Waals surface area contributed by atoms with Crippen LogP contribution in [-0.4, -0.2) is 45.0 Å². The van der Waals surface area contributed by atoms with E-state index in [9.17, 15) is 13.2 Å². The lowest BCUT2D eigenvalue weighted by Crippen LogP contribution is -2.36. The molecule has 23 heavy (non-hydrogen) atoms. The highest BCUT2D eigenvalue weighted by atomic mass is 32.2. The topological polar surface area (TPSA) is 57.7 Å². The van der Waals surface area contributed by atoms with Crippen LogP contribution in [0.5, 0.6) is 0 Å². The van der Waals surface area contributed by atoms with Crippen LogP contribution in [0.4, 0.5) is 11.4 Å². The highest BCUT2D eigenvalue weighted by Gasteiger charge is 2.49. The average molecular weight is 334 g/mol. The molecule has 2 atom stereocenters. The van der Waals surface area contributed by atoms with Crippen LogP contribution in [0.25, 0.3) is 0 Å². The van der Waals surface area contributed by atoms with Crippen molar-refractivity contribution >= 4 is 27.1 Å². The number of anilines is 2. The zero-order valence-electron chi connectivity index (χ0n) is 13.1. The first-order valence-corrected chi connectivity index (χ1v) is 10.2. The number of carbonyl (C=O) groups is 1. The van der Waals surface area contributed by atoms with Gasteiger partial charge in [0.05, 0.1) is 17.5 Å². The molecule has 6 heteroatoms. The summed E-state index contributed by atoms with van der Waals surface area (Å²) < 4.78 is 23.7. The lowest BCUT2D eigenvalue weighted by atomic mass is 10.0. The fourth-order valence-electron chi connectivity index (χ4n) is 4.20. The maximum atomic E-state index is 12.3. The molecule has 3 aliphatic heterocycles. The summed E-state index contributed by atoms with van der Waals surface area (Å²) in [6.07, 6.45) is 4.12. The third-order valence-corrected chi connectivity index (χ3v) is 7.11. The largest absolute Gasteiger partial charge is 0.372 e. The predicted molar refractivity (Wildman–Crippen MR) is 90.5 cm³/mol. The van der Waals surface area contributed by atoms with Crippen molar-refractivity contribution in [2.24, 2.45) is 5.92 Å². The monoisotopic (exact) mass is 334 g/mol. The molecule has 4 rings (SSSR count). The number of piperidine rings is 1. The lowest BCUT2D eigenvalue weighted by Gasteiger charge is -2.29. The van der Waals surface area contributed by atoms with Gasteiger partial charge in [-0.05, 0) is 43.5 Å². The molecule has 124 valence electrons. The maximum Gasteiger partial charge on any atom is 0.227 e. The van der Waals surface area contributed by atoms with E-state index in [1.807, 2.05) is 12.1 Å². The van der Waals surface area contributed by atoms with E-state index in [-0.39, 0.29) is 29.4 Å². The minimum Gasteiger partial charge on any atom is -0.372 e. The van der Waals surface area contributed by atoms with E-state index in [4.69, 9.17) is 0 Å². The third kappa shape index (κ3) is 2.73. The summed E-state index contributed by atoms with van der Waals surface area (Å²) in [4.78, 5) is 16.4. The Balaban J connectivity index is 1.56. The molecule has 0 bridgehead atoms. The van der Waals surface area contributed by atoms with Crippen molar-refractivity contribution in [2.45, 2.75) is 31.7 Å². The van der Waals surface area contributed by atoms with E-state index >= 15 is 0 Å². The summed E-state index contributed by atoms with van der Waals surface area (Å²) in [5.74, 6) is 0.290. The molecule has 3 aliphatic rings. The predicted octanol–water partition coefficient (Wildman–Crippen LogP) is 1.83. The molecule has 0 N–H and O–H groups in total. The minimum atomic E-state index is -3.00. The first-order valence-electron chi connectivity index (χ1n) is 8.41. The Bertz CT molecular complexity index is 708. The molecule has 0 unspecified atom stereocenters. The van der Waals surface area contributed by atoms with E-state index in [1.54, 1.807) is 4.90 Å². The Labute approximate surface area is 137 Å². The summed E-state index contributed by atoms with van der Waals surface area (Å²) in [6.45, 7) is 2.18. The highest BCUT2D eigenvalue weighted by molar-refractivity contribution is 7.91. The fraction of sp³-hybridized carbons (Fsp3) is 0.588. The molecular formula is C17H22N2O3S. The minimum absolute atomic E-state index is 0.0331. The van der Waals surface area contributed by atoms with Gasteiger partial charge in [0.25, 0.3) is 0 Å². The molecule has 3 fully saturated rings. The van der Waals surface area contributed by atoms with Gasteiger partial charge in [-0.1, -0.05) is 0 Å². The molecule has 0 saturated carbocycles. The molecule has 0 aromatic heterocycles. The molecule has 0 spiro atoms. The van der Waals surface area contributed by atoms with Crippen molar-refractivity contribution in [3.05, 3.63) is 24.3 Å². The Kier molecular flexibility index (Phi) is 3.59. The van der Waals surface area contributed by atoms with Crippen LogP contribution in [0, 0.1) is 5.92 Å². The Morgan fingerprint density at radius 2 is 1.57 bits per heavy atom. The van der Waals surface area contributed by atoms with Crippen LogP contribution in [0.1, 0.15) is 25.7 Å². The van der Waals surface area contributed by atoms with E-state index in [2.05, 4.69) is 17.0 Å². The van der Waals surface area contributed by atoms with Crippen molar-refractivity contribution in [1.82, 2.24) is 0 Å². The first kappa shape index (κ1) is 15.0. The quantitative estimate of drug-likeness (QED) is 0.828. The second-order valence-corrected chi connectivity index (χ2v) is 9.09. The summed E-state index contributed by atoms with van der Waals surface area (Å²) in [5.41, 5.74) is 2.02. The van der Waals surface area contributed by atoms with E-state index < -0.39 is 9.84 Å². The zero-order valence-corrected chi connectivity index (χ0v) is 14.0. The normalized spacial score (nSPS) is 29.8. The van der Waals surface area contributed by atoms with Crippen molar-refractivity contribution in [1.29, 1.82) is 0 Å². The maximum absolute atomic E-state index is 12.3. The SMILES string of the molecule is O=C1C[C@@H]2CS(=O)(=O)C[C@@H]2N1c1ccc(N2CCCCC2)cc1. The van der Waals surface area contributed by atoms with E-state index in [1.165, 1.54) is 24.9 Å². The molecular weight excluding hydrogens is 312 g/mol. The second kappa shape index (κ2) is 5.51. The number of hydrogen-bond donors (Lipinski definition) is 0. The summed E-state index contributed by atoms with van der Waals surface area (Å²) >= 11 is 0. The number of sulfone groups is 1. The fourth-order valence-corrected chi connectivity index (χ4v) is 6.27. The Morgan fingerprint density at radius 3 is 2.26 bits per heavy atom. The number of carbonyl (C=O) groups excluding carboxylic acids is 1. The second-order valence-electron chi connectivity index (χ2n) is 6.94. The number of amides is 1. The van der Waals surface area contributed by atoms with E-state index in [0.717, 1.165) is 18.8 Å². The molecule has 3 heterocycles. The third-order valence-electron chi connectivity index (χ3n) is 5.32. The molecule has 5 nitrogen and oxygen atoms in total. The Morgan fingerprint density at radius 1 is 0.913 bits per heavy atom. The van der Waals surface area contributed by atoms with E-state index in [0.29, 0.717) is 6.42 Å². The number of fused-ring (bicyclic) bond motifs is 1. The van der Waals surface area contributed by atoms with Gasteiger partial charge in [-0.15, -0.1) is 0 Å². The standard InChI is InChI=1S/C17H22N2O3S/c20-17-10-13-11-23(21,22)12-16(13)19(17)15-6-4-14(5-7-15)18-8-2-1-3-9-18/h4-7,13,16H,1-3,8-12H2/t13-,16+/m1/s1. The number of nitrogens with zero attached hydrogens (tertiary/aromatic N) is 2. The lowest BCUT2D eigenvalue weighted by molar-refractivity contribution is -0.117. The molecule has 0 aliphatic carbocycles. The van der Waals surface area contributed by atoms with Crippen LogP contribution in [0.3, 0.4) is 0 Å². The number of rotatable bonds is 2. The van der Waals surface area contributed by atoms with Crippen LogP contribution < -0.4 is 9.80 Å². The highest BCUT2D eigenvalue weighted by Crippen LogP contribution is 2.37. The van der Waals surface area contributed by atoms with Gasteiger partial charge >= 0.3 is 0 Å². The van der Waals surface area contributed by atoms with Gasteiger partial charge in [-0.2, -0.15) is 0 Å². The summed E-state index contributed by atoms with van der Waals surface area (Å²) in [7, 11) is -3.00. The van der Waals surface area contributed by atoms with Crippen LogP contribution >= 0.6 is 0 Å². The van der Waals surface area contributed by atoms with Gasteiger partial charge in [0.15, 0.2) is 9.84 Å². The van der Waals surface area contributed by atoms with Crippen LogP contribution in [0.15, 0.2) is 24.3 Å². The zero-order chi connectivity index (χ0) is 16.0. The summed E-state index contributed by atoms with van der Waals surface area (Å²) in [5, 5.41) is 0. The smallest absolute Gasteiger partial charge is 0.227 e. The van der Waals surface area contributed by atoms with Crippen molar-refractivity contribution in [2.75, 3.05) is 34.4 Å². The Hall–Kier alpha value is -1.56. The van der Waals surface area contributed by atoms with Gasteiger partial charge in [0, 0.05) is 36.8 Å². The number of hydrogen-bond acceptors (Lipinski definition) is 4. The molecule has 1 aromatic rings. The van der Waals surface area contributed by atoms with Crippen LogP contribution in [-0.2, 0) is 14.6 Å². The van der Waals surface area contributed by atoms with Crippen LogP contribution in [0.2, 0.25) is 0 Å². The van der Waals surface area contributed by atoms with Crippen molar-refractivity contribution in [3.63, 3.8) is 0 Å². The van der Waals surface area contributed by atoms with Crippen molar-refractivity contribution < 1.29 is 13.2 Å². The first-order chi connectivity index (χ1) is 11.0.